The number of fused-ring (bicyclic) bond motifs is 5. The molecule has 0 aliphatic heterocycles. The Hall–Kier alpha value is -4.94. The van der Waals surface area contributed by atoms with Gasteiger partial charge in [-0.1, -0.05) is 132 Å². The molecule has 40 heavy (non-hydrogen) atoms. The van der Waals surface area contributed by atoms with Gasteiger partial charge < -0.3 is 0 Å². The smallest absolute Gasteiger partial charge is 0.0105 e. The normalized spacial score (nSPS) is 12.1. The molecule has 0 bridgehead atoms. The number of hydrogen-bond donors (Lipinski definition) is 0. The summed E-state index contributed by atoms with van der Waals surface area (Å²) in [6.45, 7) is 4.28. The summed E-state index contributed by atoms with van der Waals surface area (Å²) >= 11 is 0. The van der Waals surface area contributed by atoms with Gasteiger partial charge in [0.1, 0.15) is 0 Å². The molecule has 0 heterocycles. The first-order valence-corrected chi connectivity index (χ1v) is 13.9. The van der Waals surface area contributed by atoms with Crippen molar-refractivity contribution in [1.29, 1.82) is 0 Å². The lowest BCUT2D eigenvalue weighted by molar-refractivity contribution is 1.50. The number of rotatable bonds is 4. The van der Waals surface area contributed by atoms with Crippen molar-refractivity contribution in [3.8, 4) is 0 Å². The summed E-state index contributed by atoms with van der Waals surface area (Å²) in [4.78, 5) is 0. The fraction of sp³-hybridized carbons (Fsp3) is 0.0500. The van der Waals surface area contributed by atoms with Crippen LogP contribution in [0.4, 0.5) is 0 Å². The van der Waals surface area contributed by atoms with Crippen molar-refractivity contribution in [2.75, 3.05) is 0 Å². The second-order valence-corrected chi connectivity index (χ2v) is 10.9. The Balaban J connectivity index is 1.14. The first-order valence-electron chi connectivity index (χ1n) is 13.9. The lowest BCUT2D eigenvalue weighted by atomic mass is 9.98. The molecule has 0 saturated heterocycles. The zero-order chi connectivity index (χ0) is 27.1. The van der Waals surface area contributed by atoms with Gasteiger partial charge in [0.15, 0.2) is 0 Å². The van der Waals surface area contributed by atoms with Gasteiger partial charge in [-0.25, -0.2) is 0 Å². The van der Waals surface area contributed by atoms with Gasteiger partial charge in [-0.2, -0.15) is 0 Å². The van der Waals surface area contributed by atoms with E-state index in [9.17, 15) is 0 Å². The third-order valence-corrected chi connectivity index (χ3v) is 7.86. The molecular formula is C40H30. The van der Waals surface area contributed by atoms with Crippen LogP contribution in [-0.2, 0) is 0 Å². The lowest BCUT2D eigenvalue weighted by Gasteiger charge is -2.07. The summed E-state index contributed by atoms with van der Waals surface area (Å²) in [6, 6.07) is 44.6. The van der Waals surface area contributed by atoms with Crippen LogP contribution in [-0.4, -0.2) is 0 Å². The van der Waals surface area contributed by atoms with Crippen molar-refractivity contribution < 1.29 is 0 Å². The number of aryl methyl sites for hydroxylation is 2. The van der Waals surface area contributed by atoms with Gasteiger partial charge in [0.2, 0.25) is 0 Å². The molecule has 0 amide bonds. The Labute approximate surface area is 235 Å². The van der Waals surface area contributed by atoms with E-state index in [1.54, 1.807) is 0 Å². The van der Waals surface area contributed by atoms with Crippen LogP contribution in [0.1, 0.15) is 33.4 Å². The van der Waals surface area contributed by atoms with Crippen LogP contribution < -0.4 is 0 Å². The van der Waals surface area contributed by atoms with Gasteiger partial charge >= 0.3 is 0 Å². The van der Waals surface area contributed by atoms with Crippen LogP contribution in [0, 0.1) is 13.8 Å². The maximum absolute atomic E-state index is 2.28. The molecule has 0 unspecified atom stereocenters. The minimum Gasteiger partial charge on any atom is -0.0587 e. The summed E-state index contributed by atoms with van der Waals surface area (Å²) in [7, 11) is 0. The van der Waals surface area contributed by atoms with E-state index >= 15 is 0 Å². The molecule has 0 radical (unpaired) electrons. The maximum Gasteiger partial charge on any atom is -0.0105 e. The summed E-state index contributed by atoms with van der Waals surface area (Å²) in [5, 5.41) is 10.2. The van der Waals surface area contributed by atoms with Crippen LogP contribution in [0.2, 0.25) is 0 Å². The highest BCUT2D eigenvalue weighted by Crippen LogP contribution is 2.29. The molecular weight excluding hydrogens is 480 g/mol. The Morgan fingerprint density at radius 1 is 0.300 bits per heavy atom. The third-order valence-electron chi connectivity index (χ3n) is 7.86. The van der Waals surface area contributed by atoms with Crippen LogP contribution >= 0.6 is 0 Å². The van der Waals surface area contributed by atoms with E-state index in [4.69, 9.17) is 0 Å². The lowest BCUT2D eigenvalue weighted by Crippen LogP contribution is -1.82. The van der Waals surface area contributed by atoms with Crippen molar-refractivity contribution in [3.05, 3.63) is 155 Å². The quantitative estimate of drug-likeness (QED) is 0.163. The molecule has 190 valence electrons. The van der Waals surface area contributed by atoms with Crippen molar-refractivity contribution in [2.24, 2.45) is 0 Å². The zero-order valence-corrected chi connectivity index (χ0v) is 22.9. The topological polar surface area (TPSA) is 0 Å². The standard InChI is InChI=1S/C40H30/c1-27-3-13-35-23-29(9-15-33(35)21-27)5-7-31-11-19-39-37(25-31)17-18-38-26-32(12-20-40(38)39)8-6-30-10-16-34-22-28(2)4-14-36(34)24-30/h3-26H,1-2H3/b7-5+,8-6+. The van der Waals surface area contributed by atoms with E-state index in [-0.39, 0.29) is 0 Å². The predicted molar refractivity (Wildman–Crippen MR) is 177 cm³/mol. The Kier molecular flexibility index (Phi) is 6.02. The molecule has 0 spiro atoms. The fourth-order valence-corrected chi connectivity index (χ4v) is 5.68. The molecule has 0 aliphatic carbocycles. The van der Waals surface area contributed by atoms with Crippen molar-refractivity contribution >= 4 is 67.4 Å². The number of benzene rings is 7. The van der Waals surface area contributed by atoms with Gasteiger partial charge in [-0.05, 0) is 103 Å². The first kappa shape index (κ1) is 24.1. The maximum atomic E-state index is 2.28. The van der Waals surface area contributed by atoms with Gasteiger partial charge in [-0.3, -0.25) is 0 Å². The second kappa shape index (κ2) is 9.98. The van der Waals surface area contributed by atoms with Crippen LogP contribution in [0.3, 0.4) is 0 Å². The van der Waals surface area contributed by atoms with Crippen molar-refractivity contribution in [1.82, 2.24) is 0 Å². The molecule has 0 atom stereocenters. The van der Waals surface area contributed by atoms with Crippen molar-refractivity contribution in [2.45, 2.75) is 13.8 Å². The highest BCUT2D eigenvalue weighted by molar-refractivity contribution is 6.08. The van der Waals surface area contributed by atoms with Gasteiger partial charge in [-0.15, -0.1) is 0 Å². The number of hydrogen-bond acceptors (Lipinski definition) is 0. The molecule has 7 rings (SSSR count). The molecule has 7 aromatic carbocycles. The fourth-order valence-electron chi connectivity index (χ4n) is 5.68. The summed E-state index contributed by atoms with van der Waals surface area (Å²) in [5.41, 5.74) is 7.44. The SMILES string of the molecule is Cc1ccc2cc(/C=C/c3ccc4c(ccc5cc(/C=C/c6ccc7cc(C)ccc7c6)ccc54)c3)ccc2c1. The first-order chi connectivity index (χ1) is 19.6. The van der Waals surface area contributed by atoms with E-state index < -0.39 is 0 Å². The van der Waals surface area contributed by atoms with E-state index in [0.717, 1.165) is 0 Å². The second-order valence-electron chi connectivity index (χ2n) is 10.9. The highest BCUT2D eigenvalue weighted by Gasteiger charge is 2.03. The average molecular weight is 511 g/mol. The summed E-state index contributed by atoms with van der Waals surface area (Å²) in [5.74, 6) is 0. The molecule has 0 saturated carbocycles. The third kappa shape index (κ3) is 4.81. The van der Waals surface area contributed by atoms with Crippen molar-refractivity contribution in [3.63, 3.8) is 0 Å². The molecule has 0 nitrogen and oxygen atoms in total. The van der Waals surface area contributed by atoms with E-state index in [1.165, 1.54) is 76.5 Å². The molecule has 0 N–H and O–H groups in total. The molecule has 0 aliphatic rings. The summed E-state index contributed by atoms with van der Waals surface area (Å²) in [6.07, 6.45) is 8.83. The summed E-state index contributed by atoms with van der Waals surface area (Å²) < 4.78 is 0. The molecule has 7 aromatic rings. The minimum atomic E-state index is 1.21. The van der Waals surface area contributed by atoms with Crippen LogP contribution in [0.15, 0.2) is 121 Å². The molecule has 0 heteroatoms. The zero-order valence-electron chi connectivity index (χ0n) is 22.9. The largest absolute Gasteiger partial charge is 0.0587 e. The Bertz CT molecular complexity index is 1970. The van der Waals surface area contributed by atoms with E-state index in [1.807, 2.05) is 0 Å². The van der Waals surface area contributed by atoms with Crippen LogP contribution in [0.5, 0.6) is 0 Å². The van der Waals surface area contributed by atoms with Gasteiger partial charge in [0, 0.05) is 0 Å². The molecule has 0 fully saturated rings. The highest BCUT2D eigenvalue weighted by atomic mass is 14.1. The Morgan fingerprint density at radius 3 is 1.02 bits per heavy atom. The van der Waals surface area contributed by atoms with Gasteiger partial charge in [0.25, 0.3) is 0 Å². The molecule has 0 aromatic heterocycles. The predicted octanol–water partition coefficient (Wildman–Crippen LogP) is 11.3. The van der Waals surface area contributed by atoms with Crippen LogP contribution in [0.25, 0.3) is 67.4 Å². The monoisotopic (exact) mass is 510 g/mol. The van der Waals surface area contributed by atoms with Gasteiger partial charge in [0.05, 0.1) is 0 Å². The average Bonchev–Trinajstić information content (AvgIpc) is 2.98. The van der Waals surface area contributed by atoms with E-state index in [2.05, 4.69) is 159 Å². The minimum absolute atomic E-state index is 1.21. The van der Waals surface area contributed by atoms with E-state index in [0.29, 0.717) is 0 Å². The Morgan fingerprint density at radius 2 is 0.600 bits per heavy atom.